The molecule has 0 rings (SSSR count). The number of rotatable bonds is 3. The maximum Gasteiger partial charge on any atom is 0.321 e. The summed E-state index contributed by atoms with van der Waals surface area (Å²) in [6.07, 6.45) is 0. The van der Waals surface area contributed by atoms with E-state index in [9.17, 15) is 4.79 Å². The maximum atomic E-state index is 10.4. The normalized spacial score (nSPS) is 14.8. The Hall–Kier alpha value is -0.610. The van der Waals surface area contributed by atoms with E-state index in [0.29, 0.717) is 6.54 Å². The van der Waals surface area contributed by atoms with Crippen LogP contribution >= 0.6 is 0 Å². The molecule has 4 nitrogen and oxygen atoms in total. The van der Waals surface area contributed by atoms with Gasteiger partial charge in [0, 0.05) is 12.1 Å². The first-order valence-corrected chi connectivity index (χ1v) is 3.95. The summed E-state index contributed by atoms with van der Waals surface area (Å²) in [5, 5.41) is 8.54. The van der Waals surface area contributed by atoms with Gasteiger partial charge in [-0.05, 0) is 27.8 Å². The number of nitrogens with two attached hydrogens (primary N) is 1. The molecule has 0 aliphatic heterocycles. The van der Waals surface area contributed by atoms with Crippen molar-refractivity contribution in [3.8, 4) is 0 Å². The average molecular weight is 174 g/mol. The summed E-state index contributed by atoms with van der Waals surface area (Å²) in [6, 6.07) is -0.797. The van der Waals surface area contributed by atoms with Gasteiger partial charge in [-0.2, -0.15) is 0 Å². The van der Waals surface area contributed by atoms with Crippen LogP contribution in [0.2, 0.25) is 0 Å². The second-order valence-electron chi connectivity index (χ2n) is 4.00. The van der Waals surface area contributed by atoms with Crippen LogP contribution in [-0.4, -0.2) is 41.1 Å². The highest BCUT2D eigenvalue weighted by atomic mass is 16.4. The molecule has 1 atom stereocenters. The highest BCUT2D eigenvalue weighted by Gasteiger charge is 2.21. The van der Waals surface area contributed by atoms with Crippen LogP contribution < -0.4 is 5.73 Å². The van der Waals surface area contributed by atoms with Gasteiger partial charge in [0.05, 0.1) is 0 Å². The predicted molar refractivity (Wildman–Crippen MR) is 48.0 cm³/mol. The fourth-order valence-corrected chi connectivity index (χ4v) is 0.647. The molecule has 0 radical (unpaired) electrons. The number of nitrogens with zero attached hydrogens (tertiary/aromatic N) is 1. The van der Waals surface area contributed by atoms with Gasteiger partial charge in [0.2, 0.25) is 0 Å². The van der Waals surface area contributed by atoms with Gasteiger partial charge in [0.1, 0.15) is 6.04 Å². The van der Waals surface area contributed by atoms with Crippen LogP contribution in [0, 0.1) is 0 Å². The highest BCUT2D eigenvalue weighted by molar-refractivity contribution is 5.73. The Labute approximate surface area is 73.3 Å². The van der Waals surface area contributed by atoms with Crippen molar-refractivity contribution in [2.24, 2.45) is 5.73 Å². The summed E-state index contributed by atoms with van der Waals surface area (Å²) in [5.41, 5.74) is 5.34. The van der Waals surface area contributed by atoms with Crippen molar-refractivity contribution in [3.63, 3.8) is 0 Å². The van der Waals surface area contributed by atoms with Gasteiger partial charge < -0.3 is 10.8 Å². The standard InChI is InChI=1S/C8H18N2O2/c1-8(2,3)10(4)5-6(9)7(11)12/h6H,5,9H2,1-4H3,(H,11,12). The van der Waals surface area contributed by atoms with Crippen molar-refractivity contribution in [2.75, 3.05) is 13.6 Å². The van der Waals surface area contributed by atoms with E-state index in [1.807, 2.05) is 32.7 Å². The molecule has 72 valence electrons. The lowest BCUT2D eigenvalue weighted by Gasteiger charge is -2.32. The van der Waals surface area contributed by atoms with Gasteiger partial charge in [0.25, 0.3) is 0 Å². The molecule has 12 heavy (non-hydrogen) atoms. The number of carboxylic acid groups (broad SMARTS) is 1. The molecule has 0 fully saturated rings. The maximum absolute atomic E-state index is 10.4. The first kappa shape index (κ1) is 11.4. The highest BCUT2D eigenvalue weighted by Crippen LogP contribution is 2.09. The van der Waals surface area contributed by atoms with E-state index < -0.39 is 12.0 Å². The Morgan fingerprint density at radius 3 is 2.25 bits per heavy atom. The van der Waals surface area contributed by atoms with E-state index in [1.165, 1.54) is 0 Å². The van der Waals surface area contributed by atoms with E-state index in [-0.39, 0.29) is 5.54 Å². The van der Waals surface area contributed by atoms with Crippen LogP contribution in [0.25, 0.3) is 0 Å². The van der Waals surface area contributed by atoms with Crippen LogP contribution in [0.4, 0.5) is 0 Å². The molecule has 0 aromatic rings. The molecule has 1 unspecified atom stereocenters. The average Bonchev–Trinajstić information content (AvgIpc) is 1.85. The van der Waals surface area contributed by atoms with Crippen LogP contribution in [-0.2, 0) is 4.79 Å². The SMILES string of the molecule is CN(CC(N)C(=O)O)C(C)(C)C. The van der Waals surface area contributed by atoms with Gasteiger partial charge in [-0.3, -0.25) is 9.69 Å². The summed E-state index contributed by atoms with van der Waals surface area (Å²) >= 11 is 0. The zero-order chi connectivity index (χ0) is 9.94. The number of hydrogen-bond acceptors (Lipinski definition) is 3. The lowest BCUT2D eigenvalue weighted by atomic mass is 10.1. The number of hydrogen-bond donors (Lipinski definition) is 2. The Morgan fingerprint density at radius 1 is 1.58 bits per heavy atom. The van der Waals surface area contributed by atoms with Crippen molar-refractivity contribution < 1.29 is 9.90 Å². The minimum absolute atomic E-state index is 0.0347. The molecule has 0 aliphatic rings. The summed E-state index contributed by atoms with van der Waals surface area (Å²) < 4.78 is 0. The molecular weight excluding hydrogens is 156 g/mol. The monoisotopic (exact) mass is 174 g/mol. The lowest BCUT2D eigenvalue weighted by Crippen LogP contribution is -2.48. The van der Waals surface area contributed by atoms with Crippen molar-refractivity contribution in [2.45, 2.75) is 32.4 Å². The third-order valence-electron chi connectivity index (χ3n) is 1.93. The largest absolute Gasteiger partial charge is 0.480 e. The Balaban J connectivity index is 4.01. The molecule has 0 saturated carbocycles. The smallest absolute Gasteiger partial charge is 0.321 e. The molecule has 3 N–H and O–H groups in total. The minimum Gasteiger partial charge on any atom is -0.480 e. The van der Waals surface area contributed by atoms with Crippen molar-refractivity contribution in [3.05, 3.63) is 0 Å². The van der Waals surface area contributed by atoms with E-state index in [4.69, 9.17) is 10.8 Å². The van der Waals surface area contributed by atoms with Crippen molar-refractivity contribution in [1.29, 1.82) is 0 Å². The quantitative estimate of drug-likeness (QED) is 0.638. The van der Waals surface area contributed by atoms with Gasteiger partial charge in [-0.15, -0.1) is 0 Å². The number of carboxylic acids is 1. The van der Waals surface area contributed by atoms with Crippen LogP contribution in [0.3, 0.4) is 0 Å². The molecular formula is C8H18N2O2. The van der Waals surface area contributed by atoms with Crippen LogP contribution in [0.15, 0.2) is 0 Å². The van der Waals surface area contributed by atoms with Crippen LogP contribution in [0.5, 0.6) is 0 Å². The van der Waals surface area contributed by atoms with E-state index in [1.54, 1.807) is 0 Å². The van der Waals surface area contributed by atoms with E-state index >= 15 is 0 Å². The molecule has 0 aliphatic carbocycles. The number of aliphatic carboxylic acids is 1. The minimum atomic E-state index is -0.953. The molecule has 4 heteroatoms. The summed E-state index contributed by atoms with van der Waals surface area (Å²) in [5.74, 6) is -0.953. The first-order chi connectivity index (χ1) is 5.25. The Bertz CT molecular complexity index is 163. The van der Waals surface area contributed by atoms with Gasteiger partial charge in [-0.1, -0.05) is 0 Å². The second-order valence-corrected chi connectivity index (χ2v) is 4.00. The van der Waals surface area contributed by atoms with Crippen molar-refractivity contribution >= 4 is 5.97 Å². The second kappa shape index (κ2) is 3.87. The molecule has 0 bridgehead atoms. The predicted octanol–water partition coefficient (Wildman–Crippen LogP) is 0.129. The molecule has 0 heterocycles. The number of likely N-dealkylation sites (N-methyl/N-ethyl adjacent to an activating group) is 1. The van der Waals surface area contributed by atoms with Gasteiger partial charge >= 0.3 is 5.97 Å². The summed E-state index contributed by atoms with van der Waals surface area (Å²) in [4.78, 5) is 12.3. The van der Waals surface area contributed by atoms with Crippen molar-refractivity contribution in [1.82, 2.24) is 4.90 Å². The first-order valence-electron chi connectivity index (χ1n) is 3.95. The molecule has 0 spiro atoms. The summed E-state index contributed by atoms with van der Waals surface area (Å²) in [6.45, 7) is 6.42. The topological polar surface area (TPSA) is 66.6 Å². The van der Waals surface area contributed by atoms with E-state index in [2.05, 4.69) is 0 Å². The zero-order valence-electron chi connectivity index (χ0n) is 8.16. The molecule has 0 saturated heterocycles. The van der Waals surface area contributed by atoms with E-state index in [0.717, 1.165) is 0 Å². The molecule has 0 aromatic carbocycles. The fourth-order valence-electron chi connectivity index (χ4n) is 0.647. The molecule has 0 aromatic heterocycles. The fraction of sp³-hybridized carbons (Fsp3) is 0.875. The summed E-state index contributed by atoms with van der Waals surface area (Å²) in [7, 11) is 1.86. The third kappa shape index (κ3) is 3.69. The Morgan fingerprint density at radius 2 is 2.00 bits per heavy atom. The van der Waals surface area contributed by atoms with Crippen LogP contribution in [0.1, 0.15) is 20.8 Å². The lowest BCUT2D eigenvalue weighted by molar-refractivity contribution is -0.139. The van der Waals surface area contributed by atoms with Gasteiger partial charge in [0.15, 0.2) is 0 Å². The zero-order valence-corrected chi connectivity index (χ0v) is 8.16. The third-order valence-corrected chi connectivity index (χ3v) is 1.93. The number of carbonyl (C=O) groups is 1. The Kier molecular flexibility index (Phi) is 3.67. The van der Waals surface area contributed by atoms with Gasteiger partial charge in [-0.25, -0.2) is 0 Å². The molecule has 0 amide bonds.